The number of carbonyl (C=O) groups excluding carboxylic acids is 1. The molecule has 0 unspecified atom stereocenters. The van der Waals surface area contributed by atoms with Gasteiger partial charge in [-0.3, -0.25) is 9.59 Å². The zero-order valence-electron chi connectivity index (χ0n) is 19.1. The zero-order valence-corrected chi connectivity index (χ0v) is 19.1. The molecule has 0 amide bonds. The van der Waals surface area contributed by atoms with E-state index >= 15 is 0 Å². The van der Waals surface area contributed by atoms with Gasteiger partial charge in [0, 0.05) is 11.1 Å². The fourth-order valence-corrected chi connectivity index (χ4v) is 4.70. The van der Waals surface area contributed by atoms with Crippen LogP contribution < -0.4 is 10.2 Å². The Labute approximate surface area is 208 Å². The van der Waals surface area contributed by atoms with Crippen molar-refractivity contribution in [2.45, 2.75) is 12.3 Å². The average molecular weight is 496 g/mol. The molecule has 182 valence electrons. The summed E-state index contributed by atoms with van der Waals surface area (Å²) in [5.41, 5.74) is 1.65. The van der Waals surface area contributed by atoms with Gasteiger partial charge < -0.3 is 18.7 Å². The molecule has 1 atom stereocenters. The number of benzene rings is 3. The Morgan fingerprint density at radius 2 is 1.70 bits per heavy atom. The number of esters is 1. The fourth-order valence-electron chi connectivity index (χ4n) is 4.70. The van der Waals surface area contributed by atoms with Gasteiger partial charge in [-0.05, 0) is 48.0 Å². The van der Waals surface area contributed by atoms with Crippen LogP contribution in [0, 0.1) is 5.82 Å². The number of aromatic carboxylic acids is 1. The predicted molar refractivity (Wildman–Crippen MR) is 131 cm³/mol. The molecule has 3 aromatic carbocycles. The second-order valence-electron chi connectivity index (χ2n) is 8.62. The van der Waals surface area contributed by atoms with Crippen LogP contribution in [0.1, 0.15) is 34.0 Å². The van der Waals surface area contributed by atoms with Crippen LogP contribution in [0.3, 0.4) is 0 Å². The average Bonchev–Trinajstić information content (AvgIpc) is 3.39. The third-order valence-corrected chi connectivity index (χ3v) is 6.43. The van der Waals surface area contributed by atoms with Gasteiger partial charge in [0.1, 0.15) is 34.9 Å². The molecule has 0 spiro atoms. The highest BCUT2D eigenvalue weighted by molar-refractivity contribution is 5.95. The van der Waals surface area contributed by atoms with Crippen molar-refractivity contribution in [3.63, 3.8) is 0 Å². The monoisotopic (exact) mass is 496 g/mol. The van der Waals surface area contributed by atoms with Crippen LogP contribution in [0.4, 0.5) is 4.39 Å². The SMILES string of the molecule is O=C1C[C@@H](c2ccc(-c3ccccc3C(=O)O)o2)c2c(ccc3c(=O)c(-c4ccc(F)cc4)coc23)O1. The maximum absolute atomic E-state index is 13.4. The number of ether oxygens (including phenoxy) is 1. The van der Waals surface area contributed by atoms with Crippen molar-refractivity contribution >= 4 is 22.9 Å². The van der Waals surface area contributed by atoms with Crippen LogP contribution in [0.2, 0.25) is 0 Å². The van der Waals surface area contributed by atoms with Crippen LogP contribution in [0.15, 0.2) is 92.7 Å². The number of hydrogen-bond acceptors (Lipinski definition) is 6. The number of carboxylic acid groups (broad SMARTS) is 1. The van der Waals surface area contributed by atoms with Gasteiger partial charge >= 0.3 is 11.9 Å². The number of rotatable bonds is 4. The molecular formula is C29H17FO7. The van der Waals surface area contributed by atoms with Crippen LogP contribution in [0.25, 0.3) is 33.4 Å². The quantitative estimate of drug-likeness (QED) is 0.240. The summed E-state index contributed by atoms with van der Waals surface area (Å²) in [4.78, 5) is 37.5. The van der Waals surface area contributed by atoms with Crippen molar-refractivity contribution < 1.29 is 32.7 Å². The molecule has 1 N–H and O–H groups in total. The van der Waals surface area contributed by atoms with E-state index in [1.807, 2.05) is 0 Å². The molecule has 1 aliphatic heterocycles. The lowest BCUT2D eigenvalue weighted by Gasteiger charge is -2.23. The fraction of sp³-hybridized carbons (Fsp3) is 0.0690. The molecule has 0 saturated carbocycles. The molecule has 2 aromatic heterocycles. The van der Waals surface area contributed by atoms with Gasteiger partial charge in [0.15, 0.2) is 0 Å². The highest BCUT2D eigenvalue weighted by Crippen LogP contribution is 2.44. The summed E-state index contributed by atoms with van der Waals surface area (Å²) in [6.07, 6.45) is 1.24. The van der Waals surface area contributed by atoms with E-state index in [0.717, 1.165) is 0 Å². The van der Waals surface area contributed by atoms with Gasteiger partial charge in [-0.25, -0.2) is 9.18 Å². The van der Waals surface area contributed by atoms with E-state index in [1.165, 1.54) is 48.7 Å². The highest BCUT2D eigenvalue weighted by Gasteiger charge is 2.34. The zero-order chi connectivity index (χ0) is 25.7. The number of hydrogen-bond donors (Lipinski definition) is 1. The minimum atomic E-state index is -1.09. The Kier molecular flexibility index (Phi) is 5.22. The molecule has 8 heteroatoms. The van der Waals surface area contributed by atoms with Gasteiger partial charge in [0.25, 0.3) is 0 Å². The second kappa shape index (κ2) is 8.60. The summed E-state index contributed by atoms with van der Waals surface area (Å²) < 4.78 is 30.8. The van der Waals surface area contributed by atoms with E-state index in [2.05, 4.69) is 0 Å². The summed E-state index contributed by atoms with van der Waals surface area (Å²) >= 11 is 0. The lowest BCUT2D eigenvalue weighted by Crippen LogP contribution is -2.21. The molecule has 1 aliphatic rings. The highest BCUT2D eigenvalue weighted by atomic mass is 19.1. The molecule has 0 aliphatic carbocycles. The molecule has 7 nitrogen and oxygen atoms in total. The van der Waals surface area contributed by atoms with Crippen molar-refractivity contribution in [1.29, 1.82) is 0 Å². The largest absolute Gasteiger partial charge is 0.478 e. The number of furan rings is 1. The number of carbonyl (C=O) groups is 2. The molecule has 0 saturated heterocycles. The number of halogens is 1. The van der Waals surface area contributed by atoms with Gasteiger partial charge in [0.2, 0.25) is 5.43 Å². The molecule has 3 heterocycles. The van der Waals surface area contributed by atoms with Crippen LogP contribution in [0.5, 0.6) is 5.75 Å². The van der Waals surface area contributed by atoms with E-state index in [9.17, 15) is 23.9 Å². The lowest BCUT2D eigenvalue weighted by atomic mass is 9.88. The van der Waals surface area contributed by atoms with E-state index < -0.39 is 23.7 Å². The minimum Gasteiger partial charge on any atom is -0.478 e. The first-order chi connectivity index (χ1) is 17.9. The molecule has 37 heavy (non-hydrogen) atoms. The predicted octanol–water partition coefficient (Wildman–Crippen LogP) is 6.00. The van der Waals surface area contributed by atoms with Crippen LogP contribution in [-0.2, 0) is 4.79 Å². The van der Waals surface area contributed by atoms with Crippen molar-refractivity contribution in [2.24, 2.45) is 0 Å². The Bertz CT molecular complexity index is 1760. The first-order valence-electron chi connectivity index (χ1n) is 11.4. The Balaban J connectivity index is 1.49. The van der Waals surface area contributed by atoms with E-state index in [1.54, 1.807) is 30.3 Å². The molecular weight excluding hydrogens is 479 g/mol. The van der Waals surface area contributed by atoms with Crippen molar-refractivity contribution in [3.05, 3.63) is 112 Å². The normalized spacial score (nSPS) is 14.8. The van der Waals surface area contributed by atoms with E-state index in [0.29, 0.717) is 28.2 Å². The van der Waals surface area contributed by atoms with E-state index in [-0.39, 0.29) is 39.7 Å². The summed E-state index contributed by atoms with van der Waals surface area (Å²) in [6, 6.07) is 18.3. The number of fused-ring (bicyclic) bond motifs is 3. The standard InChI is InChI=1S/C29H17FO7/c30-16-7-5-15(6-8-16)21-14-35-28-19(27(21)32)9-10-24-26(28)20(13-25(31)37-24)23-12-11-22(36-23)17-3-1-2-4-18(17)29(33)34/h1-12,14,20H,13H2,(H,33,34)/t20-/m0/s1. The van der Waals surface area contributed by atoms with Crippen molar-refractivity contribution in [1.82, 2.24) is 0 Å². The Morgan fingerprint density at radius 1 is 0.919 bits per heavy atom. The first kappa shape index (κ1) is 22.5. The molecule has 5 aromatic rings. The van der Waals surface area contributed by atoms with Gasteiger partial charge in [-0.2, -0.15) is 0 Å². The maximum atomic E-state index is 13.4. The smallest absolute Gasteiger partial charge is 0.336 e. The second-order valence-corrected chi connectivity index (χ2v) is 8.62. The van der Waals surface area contributed by atoms with Gasteiger partial charge in [-0.15, -0.1) is 0 Å². The Morgan fingerprint density at radius 3 is 2.49 bits per heavy atom. The van der Waals surface area contributed by atoms with Crippen molar-refractivity contribution in [3.8, 4) is 28.2 Å². The third-order valence-electron chi connectivity index (χ3n) is 6.43. The molecule has 0 bridgehead atoms. The van der Waals surface area contributed by atoms with Crippen molar-refractivity contribution in [2.75, 3.05) is 0 Å². The van der Waals surface area contributed by atoms with Gasteiger partial charge in [0.05, 0.1) is 28.9 Å². The van der Waals surface area contributed by atoms with E-state index in [4.69, 9.17) is 13.6 Å². The summed E-state index contributed by atoms with van der Waals surface area (Å²) in [5, 5.41) is 9.82. The molecule has 6 rings (SSSR count). The van der Waals surface area contributed by atoms with Crippen LogP contribution >= 0.6 is 0 Å². The molecule has 0 radical (unpaired) electrons. The molecule has 0 fully saturated rings. The summed E-state index contributed by atoms with van der Waals surface area (Å²) in [5.74, 6) is -1.66. The topological polar surface area (TPSA) is 107 Å². The number of carboxylic acids is 1. The first-order valence-corrected chi connectivity index (χ1v) is 11.4. The lowest BCUT2D eigenvalue weighted by molar-refractivity contribution is -0.135. The summed E-state index contributed by atoms with van der Waals surface area (Å²) in [6.45, 7) is 0. The maximum Gasteiger partial charge on any atom is 0.336 e. The minimum absolute atomic E-state index is 0.0664. The van der Waals surface area contributed by atoms with Gasteiger partial charge in [-0.1, -0.05) is 30.3 Å². The van der Waals surface area contributed by atoms with Crippen LogP contribution in [-0.4, -0.2) is 17.0 Å². The third kappa shape index (κ3) is 3.79. The summed E-state index contributed by atoms with van der Waals surface area (Å²) in [7, 11) is 0. The Hall–Kier alpha value is -4.98.